The highest BCUT2D eigenvalue weighted by molar-refractivity contribution is 5.72. The first-order valence-electron chi connectivity index (χ1n) is 4.76. The zero-order valence-corrected chi connectivity index (χ0v) is 8.10. The normalized spacial score (nSPS) is 19.1. The molecule has 1 aliphatic rings. The number of amides is 1. The monoisotopic (exact) mass is 191 g/mol. The quantitative estimate of drug-likeness (QED) is 0.544. The van der Waals surface area contributed by atoms with Gasteiger partial charge in [-0.15, -0.1) is 0 Å². The van der Waals surface area contributed by atoms with E-state index in [0.29, 0.717) is 0 Å². The molecule has 1 aromatic rings. The van der Waals surface area contributed by atoms with Gasteiger partial charge in [0.1, 0.15) is 0 Å². The SMILES string of the molecule is CC(=O)N(O)C1CCc2ccccc21. The molecule has 74 valence electrons. The molecule has 0 heterocycles. The minimum absolute atomic E-state index is 0.149. The van der Waals surface area contributed by atoms with E-state index in [1.165, 1.54) is 12.5 Å². The number of rotatable bonds is 1. The Morgan fingerprint density at radius 1 is 1.50 bits per heavy atom. The van der Waals surface area contributed by atoms with Gasteiger partial charge in [-0.05, 0) is 24.0 Å². The van der Waals surface area contributed by atoms with Crippen LogP contribution < -0.4 is 0 Å². The highest BCUT2D eigenvalue weighted by Crippen LogP contribution is 2.34. The molecule has 2 rings (SSSR count). The second-order valence-electron chi connectivity index (χ2n) is 3.62. The summed E-state index contributed by atoms with van der Waals surface area (Å²) in [6.07, 6.45) is 1.75. The maximum Gasteiger partial charge on any atom is 0.243 e. The predicted octanol–water partition coefficient (Wildman–Crippen LogP) is 1.91. The Morgan fingerprint density at radius 3 is 2.93 bits per heavy atom. The van der Waals surface area contributed by atoms with Gasteiger partial charge in [0.15, 0.2) is 0 Å². The van der Waals surface area contributed by atoms with Gasteiger partial charge < -0.3 is 0 Å². The van der Waals surface area contributed by atoms with Crippen LogP contribution in [0.15, 0.2) is 24.3 Å². The van der Waals surface area contributed by atoms with E-state index in [1.807, 2.05) is 24.3 Å². The standard InChI is InChI=1S/C11H13NO2/c1-8(13)12(14)11-7-6-9-4-2-3-5-10(9)11/h2-5,11,14H,6-7H2,1H3. The summed E-state index contributed by atoms with van der Waals surface area (Å²) in [5.41, 5.74) is 2.31. The molecule has 1 atom stereocenters. The summed E-state index contributed by atoms with van der Waals surface area (Å²) in [6.45, 7) is 1.38. The van der Waals surface area contributed by atoms with E-state index in [4.69, 9.17) is 0 Å². The second-order valence-corrected chi connectivity index (χ2v) is 3.62. The molecule has 0 aromatic heterocycles. The molecule has 0 radical (unpaired) electrons. The van der Waals surface area contributed by atoms with Gasteiger partial charge in [-0.25, -0.2) is 5.06 Å². The van der Waals surface area contributed by atoms with E-state index in [9.17, 15) is 10.0 Å². The lowest BCUT2D eigenvalue weighted by atomic mass is 10.1. The molecule has 0 aliphatic heterocycles. The van der Waals surface area contributed by atoms with Crippen LogP contribution in [0.3, 0.4) is 0 Å². The van der Waals surface area contributed by atoms with Crippen LogP contribution in [0.4, 0.5) is 0 Å². The predicted molar refractivity (Wildman–Crippen MR) is 51.8 cm³/mol. The first-order chi connectivity index (χ1) is 6.70. The number of carbonyl (C=O) groups excluding carboxylic acids is 1. The van der Waals surface area contributed by atoms with Gasteiger partial charge in [0, 0.05) is 6.92 Å². The number of nitrogens with zero attached hydrogens (tertiary/aromatic N) is 1. The topological polar surface area (TPSA) is 40.5 Å². The Bertz CT molecular complexity index is 362. The van der Waals surface area contributed by atoms with Crippen LogP contribution >= 0.6 is 0 Å². The third-order valence-electron chi connectivity index (χ3n) is 2.72. The summed E-state index contributed by atoms with van der Waals surface area (Å²) in [5.74, 6) is -0.299. The second kappa shape index (κ2) is 3.42. The lowest BCUT2D eigenvalue weighted by molar-refractivity contribution is -0.173. The van der Waals surface area contributed by atoms with Crippen LogP contribution in [0.5, 0.6) is 0 Å². The van der Waals surface area contributed by atoms with Gasteiger partial charge in [-0.3, -0.25) is 10.0 Å². The highest BCUT2D eigenvalue weighted by Gasteiger charge is 2.28. The number of hydrogen-bond acceptors (Lipinski definition) is 2. The van der Waals surface area contributed by atoms with Crippen molar-refractivity contribution < 1.29 is 10.0 Å². The number of fused-ring (bicyclic) bond motifs is 1. The first kappa shape index (κ1) is 9.21. The fraction of sp³-hybridized carbons (Fsp3) is 0.364. The summed E-state index contributed by atoms with van der Waals surface area (Å²) < 4.78 is 0. The van der Waals surface area contributed by atoms with E-state index in [1.54, 1.807) is 0 Å². The number of benzene rings is 1. The van der Waals surface area contributed by atoms with E-state index in [-0.39, 0.29) is 11.9 Å². The van der Waals surface area contributed by atoms with Crippen molar-refractivity contribution in [3.8, 4) is 0 Å². The third-order valence-corrected chi connectivity index (χ3v) is 2.72. The number of hydroxylamine groups is 2. The molecule has 1 N–H and O–H groups in total. The molecule has 0 saturated heterocycles. The van der Waals surface area contributed by atoms with Gasteiger partial charge in [-0.2, -0.15) is 0 Å². The molecule has 3 nitrogen and oxygen atoms in total. The summed E-state index contributed by atoms with van der Waals surface area (Å²) in [4.78, 5) is 11.0. The Kier molecular flexibility index (Phi) is 2.25. The van der Waals surface area contributed by atoms with Crippen LogP contribution in [0.1, 0.15) is 30.5 Å². The minimum atomic E-state index is -0.299. The number of hydrogen-bond donors (Lipinski definition) is 1. The van der Waals surface area contributed by atoms with Crippen molar-refractivity contribution in [2.75, 3.05) is 0 Å². The third kappa shape index (κ3) is 1.40. The van der Waals surface area contributed by atoms with Crippen molar-refractivity contribution in [1.82, 2.24) is 5.06 Å². The molecule has 3 heteroatoms. The van der Waals surface area contributed by atoms with Gasteiger partial charge in [-0.1, -0.05) is 24.3 Å². The van der Waals surface area contributed by atoms with Crippen molar-refractivity contribution in [2.45, 2.75) is 25.8 Å². The van der Waals surface area contributed by atoms with Crippen LogP contribution in [-0.4, -0.2) is 16.2 Å². The Balaban J connectivity index is 2.30. The minimum Gasteiger partial charge on any atom is -0.285 e. The lowest BCUT2D eigenvalue weighted by Gasteiger charge is -2.21. The summed E-state index contributed by atoms with van der Waals surface area (Å²) in [7, 11) is 0. The van der Waals surface area contributed by atoms with Crippen LogP contribution in [0.2, 0.25) is 0 Å². The van der Waals surface area contributed by atoms with Crippen LogP contribution in [0, 0.1) is 0 Å². The highest BCUT2D eigenvalue weighted by atomic mass is 16.5. The van der Waals surface area contributed by atoms with Gasteiger partial charge in [0.05, 0.1) is 6.04 Å². The summed E-state index contributed by atoms with van der Waals surface area (Å²) in [5, 5.41) is 10.4. The van der Waals surface area contributed by atoms with Gasteiger partial charge in [0.2, 0.25) is 5.91 Å². The fourth-order valence-corrected chi connectivity index (χ4v) is 2.01. The Labute approximate surface area is 82.9 Å². The summed E-state index contributed by atoms with van der Waals surface area (Å²) in [6, 6.07) is 7.79. The van der Waals surface area contributed by atoms with Crippen LogP contribution in [0.25, 0.3) is 0 Å². The first-order valence-corrected chi connectivity index (χ1v) is 4.76. The Morgan fingerprint density at radius 2 is 2.21 bits per heavy atom. The zero-order chi connectivity index (χ0) is 10.1. The largest absolute Gasteiger partial charge is 0.285 e. The lowest BCUT2D eigenvalue weighted by Crippen LogP contribution is -2.28. The van der Waals surface area contributed by atoms with E-state index in [2.05, 4.69) is 0 Å². The molecule has 0 fully saturated rings. The molecule has 0 spiro atoms. The zero-order valence-electron chi connectivity index (χ0n) is 8.10. The molecule has 0 bridgehead atoms. The molecule has 0 saturated carbocycles. The molecule has 1 aliphatic carbocycles. The molecule has 14 heavy (non-hydrogen) atoms. The van der Waals surface area contributed by atoms with Crippen molar-refractivity contribution in [3.63, 3.8) is 0 Å². The molecular formula is C11H13NO2. The van der Waals surface area contributed by atoms with E-state index in [0.717, 1.165) is 23.5 Å². The average Bonchev–Trinajstić information content (AvgIpc) is 2.60. The average molecular weight is 191 g/mol. The van der Waals surface area contributed by atoms with Gasteiger partial charge >= 0.3 is 0 Å². The maximum atomic E-state index is 11.0. The fourth-order valence-electron chi connectivity index (χ4n) is 2.01. The van der Waals surface area contributed by atoms with Crippen LogP contribution in [-0.2, 0) is 11.2 Å². The smallest absolute Gasteiger partial charge is 0.243 e. The number of aryl methyl sites for hydroxylation is 1. The van der Waals surface area contributed by atoms with Crippen molar-refractivity contribution in [1.29, 1.82) is 0 Å². The maximum absolute atomic E-state index is 11.0. The van der Waals surface area contributed by atoms with Gasteiger partial charge in [0.25, 0.3) is 0 Å². The molecular weight excluding hydrogens is 178 g/mol. The van der Waals surface area contributed by atoms with Crippen molar-refractivity contribution >= 4 is 5.91 Å². The molecule has 1 aromatic carbocycles. The Hall–Kier alpha value is -1.35. The van der Waals surface area contributed by atoms with E-state index >= 15 is 0 Å². The number of carbonyl (C=O) groups is 1. The summed E-state index contributed by atoms with van der Waals surface area (Å²) >= 11 is 0. The van der Waals surface area contributed by atoms with Crippen molar-refractivity contribution in [2.24, 2.45) is 0 Å². The van der Waals surface area contributed by atoms with E-state index < -0.39 is 0 Å². The molecule has 1 unspecified atom stereocenters. The molecule has 1 amide bonds. The van der Waals surface area contributed by atoms with Crippen molar-refractivity contribution in [3.05, 3.63) is 35.4 Å².